The lowest BCUT2D eigenvalue weighted by atomic mass is 10.1. The van der Waals surface area contributed by atoms with Crippen molar-refractivity contribution >= 4 is 23.5 Å². The Balaban J connectivity index is 1.90. The fraction of sp³-hybridized carbons (Fsp3) is 0.308. The van der Waals surface area contributed by atoms with Crippen molar-refractivity contribution in [3.05, 3.63) is 23.8 Å². The smallest absolute Gasteiger partial charge is 0.407 e. The van der Waals surface area contributed by atoms with Crippen LogP contribution in [0, 0.1) is 0 Å². The highest BCUT2D eigenvalue weighted by molar-refractivity contribution is 6.52. The Bertz CT molecular complexity index is 613. The van der Waals surface area contributed by atoms with Crippen LogP contribution in [-0.4, -0.2) is 44.1 Å². The highest BCUT2D eigenvalue weighted by Crippen LogP contribution is 2.32. The van der Waals surface area contributed by atoms with E-state index in [2.05, 4.69) is 5.32 Å². The Morgan fingerprint density at radius 2 is 2.20 bits per heavy atom. The van der Waals surface area contributed by atoms with Gasteiger partial charge in [-0.2, -0.15) is 0 Å². The zero-order chi connectivity index (χ0) is 14.3. The van der Waals surface area contributed by atoms with Crippen molar-refractivity contribution in [2.75, 3.05) is 25.1 Å². The molecule has 0 aromatic heterocycles. The number of hydrogen-bond acceptors (Lipinski definition) is 5. The molecule has 1 N–H and O–H groups in total. The zero-order valence-corrected chi connectivity index (χ0v) is 10.7. The highest BCUT2D eigenvalue weighted by atomic mass is 16.6. The lowest BCUT2D eigenvalue weighted by Crippen LogP contribution is -2.38. The zero-order valence-electron chi connectivity index (χ0n) is 10.7. The quantitative estimate of drug-likeness (QED) is 0.804. The number of nitrogens with one attached hydrogen (secondary N) is 1. The Hall–Kier alpha value is -2.57. The van der Waals surface area contributed by atoms with Gasteiger partial charge in [0.2, 0.25) is 0 Å². The molecule has 0 bridgehead atoms. The van der Waals surface area contributed by atoms with Crippen molar-refractivity contribution in [2.45, 2.75) is 6.10 Å². The van der Waals surface area contributed by atoms with Crippen LogP contribution in [0.25, 0.3) is 0 Å². The first-order valence-corrected chi connectivity index (χ1v) is 6.09. The van der Waals surface area contributed by atoms with Crippen LogP contribution < -0.4 is 15.0 Å². The minimum absolute atomic E-state index is 0.142. The number of alkyl carbamates (subject to hydrolysis) is 1. The molecule has 20 heavy (non-hydrogen) atoms. The van der Waals surface area contributed by atoms with E-state index in [0.29, 0.717) is 23.5 Å². The number of hydrogen-bond donors (Lipinski definition) is 1. The molecule has 0 spiro atoms. The highest BCUT2D eigenvalue weighted by Gasteiger charge is 2.38. The lowest BCUT2D eigenvalue weighted by Gasteiger charge is -2.19. The predicted octanol–water partition coefficient (Wildman–Crippen LogP) is 0.333. The summed E-state index contributed by atoms with van der Waals surface area (Å²) in [6.45, 7) is 0.458. The number of ether oxygens (including phenoxy) is 2. The summed E-state index contributed by atoms with van der Waals surface area (Å²) in [4.78, 5) is 36.2. The summed E-state index contributed by atoms with van der Waals surface area (Å²) in [6, 6.07) is 4.82. The summed E-state index contributed by atoms with van der Waals surface area (Å²) >= 11 is 0. The average Bonchev–Trinajstić information content (AvgIpc) is 2.96. The van der Waals surface area contributed by atoms with E-state index >= 15 is 0 Å². The number of carbonyl (C=O) groups is 3. The maximum Gasteiger partial charge on any atom is 0.407 e. The Morgan fingerprint density at radius 3 is 2.85 bits per heavy atom. The molecule has 1 saturated heterocycles. The van der Waals surface area contributed by atoms with Gasteiger partial charge in [0.15, 0.2) is 0 Å². The molecule has 2 aliphatic heterocycles. The molecule has 2 amide bonds. The van der Waals surface area contributed by atoms with Crippen molar-refractivity contribution in [1.29, 1.82) is 0 Å². The minimum atomic E-state index is -0.615. The average molecular weight is 276 g/mol. The number of benzene rings is 1. The van der Waals surface area contributed by atoms with Crippen molar-refractivity contribution in [3.8, 4) is 5.75 Å². The molecule has 3 rings (SSSR count). The van der Waals surface area contributed by atoms with Gasteiger partial charge in [-0.1, -0.05) is 0 Å². The lowest BCUT2D eigenvalue weighted by molar-refractivity contribution is -0.114. The number of amides is 2. The summed E-state index contributed by atoms with van der Waals surface area (Å²) in [5, 5.41) is 2.51. The van der Waals surface area contributed by atoms with E-state index in [-0.39, 0.29) is 6.54 Å². The maximum atomic E-state index is 12.0. The predicted molar refractivity (Wildman–Crippen MR) is 67.9 cm³/mol. The first kappa shape index (κ1) is 12.5. The number of carbonyl (C=O) groups excluding carboxylic acids is 3. The van der Waals surface area contributed by atoms with Gasteiger partial charge in [0.25, 0.3) is 11.7 Å². The van der Waals surface area contributed by atoms with Gasteiger partial charge >= 0.3 is 6.09 Å². The number of methoxy groups -OCH3 is 1. The summed E-state index contributed by atoms with van der Waals surface area (Å²) in [6.07, 6.45) is -0.977. The topological polar surface area (TPSA) is 84.9 Å². The van der Waals surface area contributed by atoms with E-state index < -0.39 is 23.9 Å². The number of anilines is 1. The molecule has 104 valence electrons. The van der Waals surface area contributed by atoms with E-state index in [1.807, 2.05) is 0 Å². The van der Waals surface area contributed by atoms with E-state index in [9.17, 15) is 14.4 Å². The molecule has 7 nitrogen and oxygen atoms in total. The summed E-state index contributed by atoms with van der Waals surface area (Å²) < 4.78 is 10.1. The van der Waals surface area contributed by atoms with Crippen molar-refractivity contribution in [2.24, 2.45) is 0 Å². The fourth-order valence-corrected chi connectivity index (χ4v) is 2.32. The molecule has 0 saturated carbocycles. The SMILES string of the molecule is COc1ccc2c(c1)N(CC1CNC(=O)O1)C(=O)C2=O. The van der Waals surface area contributed by atoms with Crippen LogP contribution >= 0.6 is 0 Å². The molecule has 1 aromatic carbocycles. The van der Waals surface area contributed by atoms with Crippen molar-refractivity contribution in [1.82, 2.24) is 5.32 Å². The number of rotatable bonds is 3. The molecule has 2 heterocycles. The second-order valence-electron chi connectivity index (χ2n) is 4.54. The van der Waals surface area contributed by atoms with Gasteiger partial charge in [-0.25, -0.2) is 4.79 Å². The monoisotopic (exact) mass is 276 g/mol. The summed E-state index contributed by atoms with van der Waals surface area (Å²) in [7, 11) is 1.51. The molecule has 1 unspecified atom stereocenters. The fourth-order valence-electron chi connectivity index (χ4n) is 2.32. The van der Waals surface area contributed by atoms with Crippen molar-refractivity contribution in [3.63, 3.8) is 0 Å². The van der Waals surface area contributed by atoms with Crippen LogP contribution in [0.4, 0.5) is 10.5 Å². The minimum Gasteiger partial charge on any atom is -0.497 e. The molecule has 7 heteroatoms. The maximum absolute atomic E-state index is 12.0. The Morgan fingerprint density at radius 1 is 1.40 bits per heavy atom. The van der Waals surface area contributed by atoms with Gasteiger partial charge in [0, 0.05) is 6.07 Å². The van der Waals surface area contributed by atoms with Crippen LogP contribution in [0.2, 0.25) is 0 Å². The Labute approximate surface area is 114 Å². The van der Waals surface area contributed by atoms with Crippen LogP contribution in [0.15, 0.2) is 18.2 Å². The molecule has 0 aliphatic carbocycles. The largest absolute Gasteiger partial charge is 0.497 e. The van der Waals surface area contributed by atoms with Crippen LogP contribution in [-0.2, 0) is 9.53 Å². The van der Waals surface area contributed by atoms with Gasteiger partial charge in [0.1, 0.15) is 11.9 Å². The third-order valence-corrected chi connectivity index (χ3v) is 3.31. The first-order valence-electron chi connectivity index (χ1n) is 6.09. The van der Waals surface area contributed by atoms with Crippen LogP contribution in [0.3, 0.4) is 0 Å². The van der Waals surface area contributed by atoms with Gasteiger partial charge < -0.3 is 19.7 Å². The van der Waals surface area contributed by atoms with E-state index in [0.717, 1.165) is 0 Å². The molecule has 0 radical (unpaired) electrons. The van der Waals surface area contributed by atoms with Gasteiger partial charge in [0.05, 0.1) is 31.5 Å². The molecule has 1 fully saturated rings. The third kappa shape index (κ3) is 1.87. The first-order chi connectivity index (χ1) is 9.60. The van der Waals surface area contributed by atoms with Gasteiger partial charge in [-0.05, 0) is 12.1 Å². The molecule has 1 atom stereocenters. The number of Topliss-reactive ketones (excluding diaryl/α,β-unsaturated/α-hetero) is 1. The number of nitrogens with zero attached hydrogens (tertiary/aromatic N) is 1. The standard InChI is InChI=1S/C13H12N2O5/c1-19-7-2-3-9-10(4-7)15(12(17)11(9)16)6-8-5-14-13(18)20-8/h2-4,8H,5-6H2,1H3,(H,14,18). The van der Waals surface area contributed by atoms with Gasteiger partial charge in [-0.15, -0.1) is 0 Å². The van der Waals surface area contributed by atoms with Crippen molar-refractivity contribution < 1.29 is 23.9 Å². The second-order valence-corrected chi connectivity index (χ2v) is 4.54. The molecular formula is C13H12N2O5. The third-order valence-electron chi connectivity index (χ3n) is 3.31. The Kier molecular flexibility index (Phi) is 2.81. The van der Waals surface area contributed by atoms with E-state index in [1.54, 1.807) is 18.2 Å². The number of cyclic esters (lactones) is 1. The van der Waals surface area contributed by atoms with E-state index in [1.165, 1.54) is 12.0 Å². The molecule has 2 aliphatic rings. The van der Waals surface area contributed by atoms with E-state index in [4.69, 9.17) is 9.47 Å². The van der Waals surface area contributed by atoms with Gasteiger partial charge in [-0.3, -0.25) is 9.59 Å². The second kappa shape index (κ2) is 4.52. The number of fused-ring (bicyclic) bond motifs is 1. The normalized spacial score (nSPS) is 20.8. The van der Waals surface area contributed by atoms with Crippen LogP contribution in [0.1, 0.15) is 10.4 Å². The molecule has 1 aromatic rings. The van der Waals surface area contributed by atoms with Crippen LogP contribution in [0.5, 0.6) is 5.75 Å². The summed E-state index contributed by atoms with van der Waals surface area (Å²) in [5.74, 6) is -0.617. The molecular weight excluding hydrogens is 264 g/mol. The number of ketones is 1. The summed E-state index contributed by atoms with van der Waals surface area (Å²) in [5.41, 5.74) is 0.829.